The minimum absolute atomic E-state index is 0.0154. The molecule has 29 heavy (non-hydrogen) atoms. The fourth-order valence-corrected chi connectivity index (χ4v) is 3.43. The van der Waals surface area contributed by atoms with Gasteiger partial charge in [0.25, 0.3) is 5.91 Å². The molecule has 3 aromatic rings. The maximum atomic E-state index is 13.7. The van der Waals surface area contributed by atoms with Crippen LogP contribution in [0.5, 0.6) is 0 Å². The summed E-state index contributed by atoms with van der Waals surface area (Å²) in [5.74, 6) is -0.965. The number of carbonyl (C=O) groups is 2. The van der Waals surface area contributed by atoms with Gasteiger partial charge in [-0.1, -0.05) is 24.3 Å². The van der Waals surface area contributed by atoms with Crippen LogP contribution in [0, 0.1) is 19.7 Å². The number of amides is 2. The molecule has 4 nitrogen and oxygen atoms in total. The molecule has 0 unspecified atom stereocenters. The molecule has 148 valence electrons. The van der Waals surface area contributed by atoms with Gasteiger partial charge in [-0.15, -0.1) is 11.8 Å². The van der Waals surface area contributed by atoms with E-state index in [1.54, 1.807) is 24.3 Å². The summed E-state index contributed by atoms with van der Waals surface area (Å²) in [6.07, 6.45) is 0. The summed E-state index contributed by atoms with van der Waals surface area (Å²) in [7, 11) is 0. The van der Waals surface area contributed by atoms with Crippen molar-refractivity contribution in [1.29, 1.82) is 0 Å². The van der Waals surface area contributed by atoms with Crippen molar-refractivity contribution in [3.63, 3.8) is 0 Å². The summed E-state index contributed by atoms with van der Waals surface area (Å²) < 4.78 is 13.7. The van der Waals surface area contributed by atoms with Crippen LogP contribution in [0.4, 0.5) is 15.8 Å². The minimum Gasteiger partial charge on any atom is -0.325 e. The number of anilines is 2. The van der Waals surface area contributed by atoms with Gasteiger partial charge in [-0.2, -0.15) is 0 Å². The standard InChI is InChI=1S/C23H21FN2O2S/c1-15-10-11-18(12-16(15)2)25-22(27)14-29-19-7-5-6-17(13-19)26-23(28)20-8-3-4-9-21(20)24/h3-13H,14H2,1-2H3,(H,25,27)(H,26,28). The number of thioether (sulfide) groups is 1. The molecule has 2 amide bonds. The van der Waals surface area contributed by atoms with Gasteiger partial charge in [-0.05, 0) is 67.4 Å². The van der Waals surface area contributed by atoms with Gasteiger partial charge in [-0.25, -0.2) is 4.39 Å². The lowest BCUT2D eigenvalue weighted by atomic mass is 10.1. The Morgan fingerprint density at radius 3 is 2.38 bits per heavy atom. The maximum Gasteiger partial charge on any atom is 0.258 e. The lowest BCUT2D eigenvalue weighted by Gasteiger charge is -2.09. The number of rotatable bonds is 6. The van der Waals surface area contributed by atoms with E-state index in [1.165, 1.54) is 35.5 Å². The molecular weight excluding hydrogens is 387 g/mol. The fourth-order valence-electron chi connectivity index (χ4n) is 2.67. The zero-order valence-electron chi connectivity index (χ0n) is 16.2. The van der Waals surface area contributed by atoms with E-state index < -0.39 is 11.7 Å². The minimum atomic E-state index is -0.571. The van der Waals surface area contributed by atoms with Crippen LogP contribution in [-0.4, -0.2) is 17.6 Å². The van der Waals surface area contributed by atoms with Gasteiger partial charge in [0, 0.05) is 16.3 Å². The first-order valence-corrected chi connectivity index (χ1v) is 10.1. The van der Waals surface area contributed by atoms with Gasteiger partial charge < -0.3 is 10.6 Å². The van der Waals surface area contributed by atoms with Crippen molar-refractivity contribution in [2.24, 2.45) is 0 Å². The van der Waals surface area contributed by atoms with E-state index >= 15 is 0 Å². The molecule has 0 aliphatic rings. The molecule has 0 heterocycles. The molecular formula is C23H21FN2O2S. The first-order valence-electron chi connectivity index (χ1n) is 9.08. The molecule has 0 spiro atoms. The molecule has 3 rings (SSSR count). The average Bonchev–Trinajstić information content (AvgIpc) is 2.70. The van der Waals surface area contributed by atoms with Crippen molar-refractivity contribution in [1.82, 2.24) is 0 Å². The third-order valence-corrected chi connectivity index (χ3v) is 5.36. The van der Waals surface area contributed by atoms with Gasteiger partial charge in [0.15, 0.2) is 0 Å². The average molecular weight is 408 g/mol. The zero-order valence-corrected chi connectivity index (χ0v) is 17.0. The first kappa shape index (κ1) is 20.6. The highest BCUT2D eigenvalue weighted by Crippen LogP contribution is 2.23. The largest absolute Gasteiger partial charge is 0.325 e. The lowest BCUT2D eigenvalue weighted by Crippen LogP contribution is -2.14. The predicted molar refractivity (Wildman–Crippen MR) is 116 cm³/mol. The number of hydrogen-bond donors (Lipinski definition) is 2. The van der Waals surface area contributed by atoms with Crippen LogP contribution in [0.3, 0.4) is 0 Å². The van der Waals surface area contributed by atoms with Gasteiger partial charge in [0.05, 0.1) is 11.3 Å². The van der Waals surface area contributed by atoms with E-state index in [1.807, 2.05) is 38.1 Å². The van der Waals surface area contributed by atoms with Gasteiger partial charge >= 0.3 is 0 Å². The predicted octanol–water partition coefficient (Wildman–Crippen LogP) is 5.43. The normalized spacial score (nSPS) is 10.4. The third-order valence-electron chi connectivity index (χ3n) is 4.37. The highest BCUT2D eigenvalue weighted by Gasteiger charge is 2.11. The molecule has 0 aliphatic heterocycles. The van der Waals surface area contributed by atoms with Gasteiger partial charge in [-0.3, -0.25) is 9.59 Å². The Balaban J connectivity index is 1.58. The number of carbonyl (C=O) groups excluding carboxylic acids is 2. The fraction of sp³-hybridized carbons (Fsp3) is 0.130. The monoisotopic (exact) mass is 408 g/mol. The highest BCUT2D eigenvalue weighted by molar-refractivity contribution is 8.00. The second-order valence-electron chi connectivity index (χ2n) is 6.60. The highest BCUT2D eigenvalue weighted by atomic mass is 32.2. The lowest BCUT2D eigenvalue weighted by molar-refractivity contribution is -0.113. The summed E-state index contributed by atoms with van der Waals surface area (Å²) in [6, 6.07) is 18.7. The van der Waals surface area contributed by atoms with E-state index in [2.05, 4.69) is 10.6 Å². The molecule has 0 saturated heterocycles. The zero-order chi connectivity index (χ0) is 20.8. The summed E-state index contributed by atoms with van der Waals surface area (Å²) in [4.78, 5) is 25.3. The van der Waals surface area contributed by atoms with Crippen molar-refractivity contribution in [2.45, 2.75) is 18.7 Å². The number of nitrogens with one attached hydrogen (secondary N) is 2. The second-order valence-corrected chi connectivity index (χ2v) is 7.65. The molecule has 0 fully saturated rings. The molecule has 3 aromatic carbocycles. The van der Waals surface area contributed by atoms with Crippen molar-refractivity contribution in [3.8, 4) is 0 Å². The van der Waals surface area contributed by atoms with Crippen LogP contribution < -0.4 is 10.6 Å². The number of hydrogen-bond acceptors (Lipinski definition) is 3. The molecule has 0 aliphatic carbocycles. The van der Waals surface area contributed by atoms with Crippen LogP contribution in [0.25, 0.3) is 0 Å². The van der Waals surface area contributed by atoms with Crippen molar-refractivity contribution < 1.29 is 14.0 Å². The summed E-state index contributed by atoms with van der Waals surface area (Å²) >= 11 is 1.36. The Bertz CT molecular complexity index is 1050. The van der Waals surface area contributed by atoms with E-state index in [0.29, 0.717) is 5.69 Å². The number of benzene rings is 3. The molecule has 0 radical (unpaired) electrons. The number of halogens is 1. The quantitative estimate of drug-likeness (QED) is 0.535. The molecule has 0 aromatic heterocycles. The third kappa shape index (κ3) is 5.68. The van der Waals surface area contributed by atoms with Crippen LogP contribution in [0.2, 0.25) is 0 Å². The Kier molecular flexibility index (Phi) is 6.67. The number of aryl methyl sites for hydroxylation is 2. The van der Waals surface area contributed by atoms with Gasteiger partial charge in [0.1, 0.15) is 5.82 Å². The Morgan fingerprint density at radius 2 is 1.62 bits per heavy atom. The first-order chi connectivity index (χ1) is 13.9. The van der Waals surface area contributed by atoms with E-state index in [0.717, 1.165) is 16.1 Å². The Morgan fingerprint density at radius 1 is 0.862 bits per heavy atom. The molecule has 2 N–H and O–H groups in total. The SMILES string of the molecule is Cc1ccc(NC(=O)CSc2cccc(NC(=O)c3ccccc3F)c2)cc1C. The smallest absolute Gasteiger partial charge is 0.258 e. The second kappa shape index (κ2) is 9.39. The van der Waals surface area contributed by atoms with Crippen molar-refractivity contribution >= 4 is 35.0 Å². The molecule has 0 saturated carbocycles. The summed E-state index contributed by atoms with van der Waals surface area (Å²) in [5.41, 5.74) is 3.58. The van der Waals surface area contributed by atoms with E-state index in [9.17, 15) is 14.0 Å². The summed E-state index contributed by atoms with van der Waals surface area (Å²) in [6.45, 7) is 4.02. The molecule has 0 atom stereocenters. The van der Waals surface area contributed by atoms with Crippen LogP contribution in [0.1, 0.15) is 21.5 Å². The van der Waals surface area contributed by atoms with Gasteiger partial charge in [0.2, 0.25) is 5.91 Å². The topological polar surface area (TPSA) is 58.2 Å². The van der Waals surface area contributed by atoms with Crippen molar-refractivity contribution in [2.75, 3.05) is 16.4 Å². The molecule has 6 heteroatoms. The van der Waals surface area contributed by atoms with Crippen LogP contribution in [0.15, 0.2) is 71.6 Å². The Hall–Kier alpha value is -3.12. The Labute approximate surface area is 173 Å². The van der Waals surface area contributed by atoms with Crippen LogP contribution >= 0.6 is 11.8 Å². The summed E-state index contributed by atoms with van der Waals surface area (Å²) in [5, 5.41) is 5.57. The van der Waals surface area contributed by atoms with E-state index in [4.69, 9.17) is 0 Å². The van der Waals surface area contributed by atoms with Crippen molar-refractivity contribution in [3.05, 3.63) is 89.2 Å². The maximum absolute atomic E-state index is 13.7. The van der Waals surface area contributed by atoms with Crippen LogP contribution in [-0.2, 0) is 4.79 Å². The molecule has 0 bridgehead atoms. The van der Waals surface area contributed by atoms with E-state index in [-0.39, 0.29) is 17.2 Å².